The third-order valence-corrected chi connectivity index (χ3v) is 14.8. The molecule has 4 aliphatic carbocycles. The summed E-state index contributed by atoms with van der Waals surface area (Å²) in [6.07, 6.45) is 7.19. The summed E-state index contributed by atoms with van der Waals surface area (Å²) in [6, 6.07) is 0. The Morgan fingerprint density at radius 1 is 0.804 bits per heavy atom. The van der Waals surface area contributed by atoms with Crippen molar-refractivity contribution in [3.8, 4) is 0 Å². The molecule has 11 nitrogen and oxygen atoms in total. The van der Waals surface area contributed by atoms with Gasteiger partial charge in [0.2, 0.25) is 0 Å². The molecule has 7 rings (SSSR count). The minimum Gasteiger partial charge on any atom is -0.481 e. The molecule has 3 saturated heterocycles. The van der Waals surface area contributed by atoms with Gasteiger partial charge >= 0.3 is 29.8 Å². The molecule has 0 aromatic carbocycles. The zero-order valence-electron chi connectivity index (χ0n) is 30.9. The second kappa shape index (κ2) is 14.0. The zero-order chi connectivity index (χ0) is 36.5. The molecule has 3 heterocycles. The fourth-order valence-electron chi connectivity index (χ4n) is 12.7. The van der Waals surface area contributed by atoms with E-state index in [2.05, 4.69) is 6.92 Å². The van der Waals surface area contributed by atoms with Gasteiger partial charge in [-0.1, -0.05) is 13.8 Å². The Bertz CT molecular complexity index is 1390. The third-order valence-electron chi connectivity index (χ3n) is 14.8. The monoisotopic (exact) mass is 714 g/mol. The molecule has 0 amide bonds. The van der Waals surface area contributed by atoms with Crippen molar-refractivity contribution in [1.82, 2.24) is 0 Å². The number of carboxylic acid groups (broad SMARTS) is 1. The Balaban J connectivity index is 1.14. The van der Waals surface area contributed by atoms with Crippen LogP contribution in [0, 0.1) is 88.8 Å². The second-order valence-corrected chi connectivity index (χ2v) is 18.4. The molecular formula is C40H58O11. The van der Waals surface area contributed by atoms with Gasteiger partial charge in [-0.3, -0.25) is 24.0 Å². The number of unbranched alkanes of at least 4 members (excludes halogenated alkanes) is 1. The number of carbonyl (C=O) groups excluding carboxylic acids is 4. The first-order valence-electron chi connectivity index (χ1n) is 19.8. The number of hydrogen-bond acceptors (Lipinski definition) is 10. The van der Waals surface area contributed by atoms with E-state index >= 15 is 0 Å². The summed E-state index contributed by atoms with van der Waals surface area (Å²) < 4.78 is 23.1. The fraction of sp³-hybridized carbons (Fsp3) is 0.875. The smallest absolute Gasteiger partial charge is 0.317 e. The van der Waals surface area contributed by atoms with Crippen molar-refractivity contribution in [1.29, 1.82) is 0 Å². The number of ether oxygens (including phenoxy) is 4. The molecular weight excluding hydrogens is 656 g/mol. The zero-order valence-corrected chi connectivity index (χ0v) is 30.9. The number of fused-ring (bicyclic) bond motifs is 6. The van der Waals surface area contributed by atoms with E-state index in [4.69, 9.17) is 24.1 Å². The van der Waals surface area contributed by atoms with Crippen molar-refractivity contribution in [2.75, 3.05) is 13.2 Å². The van der Waals surface area contributed by atoms with Gasteiger partial charge in [-0.2, -0.15) is 0 Å². The van der Waals surface area contributed by atoms with Crippen molar-refractivity contribution in [2.45, 2.75) is 117 Å². The van der Waals surface area contributed by atoms with Gasteiger partial charge in [0.1, 0.15) is 5.60 Å². The van der Waals surface area contributed by atoms with Crippen LogP contribution in [0.5, 0.6) is 0 Å². The van der Waals surface area contributed by atoms with Gasteiger partial charge in [0.05, 0.1) is 48.4 Å². The van der Waals surface area contributed by atoms with E-state index in [0.29, 0.717) is 56.5 Å². The lowest BCUT2D eigenvalue weighted by Gasteiger charge is -2.46. The molecule has 0 radical (unpaired) electrons. The van der Waals surface area contributed by atoms with Gasteiger partial charge in [-0.25, -0.2) is 0 Å². The van der Waals surface area contributed by atoms with Crippen molar-refractivity contribution in [2.24, 2.45) is 88.8 Å². The summed E-state index contributed by atoms with van der Waals surface area (Å²) in [6.45, 7) is 10.0. The molecule has 17 unspecified atom stereocenters. The molecule has 7 aliphatic rings. The third kappa shape index (κ3) is 6.65. The summed E-state index contributed by atoms with van der Waals surface area (Å²) in [5.41, 5.74) is -0.600. The first-order valence-corrected chi connectivity index (χ1v) is 19.8. The number of esters is 4. The van der Waals surface area contributed by atoms with Crippen molar-refractivity contribution >= 4 is 29.8 Å². The SMILES string of the molecule is CC1C(=O)OC(=O)C1CC1C2CC(CC2C(=O)O)C1C1C(CCC2C(C)C3CC(C(=O)OCCCCO)C2O3)C2CC(C(=O)OC(C)(C)C)C1C2. The number of rotatable bonds is 13. The molecule has 0 spiro atoms. The predicted octanol–water partition coefficient (Wildman–Crippen LogP) is 5.05. The molecule has 6 bridgehead atoms. The highest BCUT2D eigenvalue weighted by Gasteiger charge is 2.65. The van der Waals surface area contributed by atoms with E-state index in [0.717, 1.165) is 32.1 Å². The second-order valence-electron chi connectivity index (χ2n) is 18.4. The average molecular weight is 715 g/mol. The molecule has 0 aromatic rings. The summed E-state index contributed by atoms with van der Waals surface area (Å²) in [5, 5.41) is 19.3. The standard InChI is InChI=1S/C40H58O11/c1-18-22(34-30(17-31(18)49-34)37(45)48-11-7-6-10-41)8-9-23-20-12-26(29(13-20)39(47)51-40(3,4)5)33(23)32-21-14-25(28(15-21)35(42)43)27(32)16-24-19(2)36(44)50-38(24)46/h18-34,41H,6-17H2,1-5H3,(H,42,43). The number of hydrogen-bond donors (Lipinski definition) is 2. The first-order chi connectivity index (χ1) is 24.2. The average Bonchev–Trinajstić information content (AvgIpc) is 3.92. The highest BCUT2D eigenvalue weighted by molar-refractivity contribution is 5.96. The van der Waals surface area contributed by atoms with Gasteiger partial charge < -0.3 is 29.2 Å². The van der Waals surface area contributed by atoms with E-state index < -0.39 is 41.3 Å². The molecule has 0 aromatic heterocycles. The van der Waals surface area contributed by atoms with Crippen LogP contribution >= 0.6 is 0 Å². The van der Waals surface area contributed by atoms with Crippen LogP contribution in [-0.2, 0) is 42.9 Å². The number of carbonyl (C=O) groups is 5. The molecule has 284 valence electrons. The minimum absolute atomic E-state index is 0.0288. The fourth-order valence-corrected chi connectivity index (χ4v) is 12.7. The number of cyclic esters (lactones) is 2. The van der Waals surface area contributed by atoms with E-state index in [-0.39, 0.29) is 84.0 Å². The lowest BCUT2D eigenvalue weighted by molar-refractivity contribution is -0.164. The minimum atomic E-state index is -0.785. The van der Waals surface area contributed by atoms with Gasteiger partial charge in [0.15, 0.2) is 0 Å². The molecule has 4 saturated carbocycles. The molecule has 17 atom stereocenters. The Labute approximate surface area is 301 Å². The van der Waals surface area contributed by atoms with Crippen LogP contribution in [-0.4, -0.2) is 71.1 Å². The summed E-state index contributed by atoms with van der Waals surface area (Å²) in [7, 11) is 0. The van der Waals surface area contributed by atoms with E-state index in [1.165, 1.54) is 0 Å². The predicted molar refractivity (Wildman–Crippen MR) is 181 cm³/mol. The maximum absolute atomic E-state index is 13.7. The number of aliphatic hydroxyl groups excluding tert-OH is 1. The van der Waals surface area contributed by atoms with E-state index in [1.807, 2.05) is 20.8 Å². The van der Waals surface area contributed by atoms with Crippen LogP contribution in [0.3, 0.4) is 0 Å². The topological polar surface area (TPSA) is 163 Å². The van der Waals surface area contributed by atoms with E-state index in [1.54, 1.807) is 6.92 Å². The Hall–Kier alpha value is -2.53. The van der Waals surface area contributed by atoms with Gasteiger partial charge in [-0.05, 0) is 144 Å². The quantitative estimate of drug-likeness (QED) is 0.114. The normalized spacial score (nSPS) is 45.1. The number of aliphatic carboxylic acids is 1. The lowest BCUT2D eigenvalue weighted by Crippen LogP contribution is -2.45. The molecule has 51 heavy (non-hydrogen) atoms. The molecule has 11 heteroatoms. The van der Waals surface area contributed by atoms with Crippen LogP contribution < -0.4 is 0 Å². The maximum Gasteiger partial charge on any atom is 0.317 e. The van der Waals surface area contributed by atoms with Crippen LogP contribution in [0.1, 0.15) is 98.8 Å². The van der Waals surface area contributed by atoms with Gasteiger partial charge in [0.25, 0.3) is 0 Å². The van der Waals surface area contributed by atoms with Crippen LogP contribution in [0.4, 0.5) is 0 Å². The largest absolute Gasteiger partial charge is 0.481 e. The van der Waals surface area contributed by atoms with E-state index in [9.17, 15) is 29.1 Å². The Morgan fingerprint density at radius 2 is 1.51 bits per heavy atom. The Morgan fingerprint density at radius 3 is 2.16 bits per heavy atom. The first kappa shape index (κ1) is 36.8. The van der Waals surface area contributed by atoms with Gasteiger partial charge in [0, 0.05) is 6.61 Å². The molecule has 2 N–H and O–H groups in total. The molecule has 3 aliphatic heterocycles. The number of aliphatic hydroxyl groups is 1. The van der Waals surface area contributed by atoms with Crippen molar-refractivity contribution in [3.63, 3.8) is 0 Å². The lowest BCUT2D eigenvalue weighted by atomic mass is 9.58. The Kier molecular flexibility index (Phi) is 10.1. The highest BCUT2D eigenvalue weighted by Crippen LogP contribution is 2.68. The summed E-state index contributed by atoms with van der Waals surface area (Å²) >= 11 is 0. The summed E-state index contributed by atoms with van der Waals surface area (Å²) in [5.74, 6) is -2.50. The van der Waals surface area contributed by atoms with Gasteiger partial charge in [-0.15, -0.1) is 0 Å². The number of carboxylic acids is 1. The van der Waals surface area contributed by atoms with Crippen LogP contribution in [0.2, 0.25) is 0 Å². The molecule has 7 fully saturated rings. The van der Waals surface area contributed by atoms with Crippen LogP contribution in [0.25, 0.3) is 0 Å². The summed E-state index contributed by atoms with van der Waals surface area (Å²) in [4.78, 5) is 64.7. The highest BCUT2D eigenvalue weighted by atomic mass is 16.6. The van der Waals surface area contributed by atoms with Crippen molar-refractivity contribution < 1.29 is 53.1 Å². The van der Waals surface area contributed by atoms with Crippen molar-refractivity contribution in [3.05, 3.63) is 0 Å². The van der Waals surface area contributed by atoms with Crippen LogP contribution in [0.15, 0.2) is 0 Å². The maximum atomic E-state index is 13.7.